The second kappa shape index (κ2) is 5.99. The molecule has 1 saturated heterocycles. The summed E-state index contributed by atoms with van der Waals surface area (Å²) in [6.45, 7) is 7.52. The summed E-state index contributed by atoms with van der Waals surface area (Å²) in [5, 5.41) is 7.09. The summed E-state index contributed by atoms with van der Waals surface area (Å²) in [6, 6.07) is 0.726. The minimum Gasteiger partial charge on any atom is -0.371 e. The Morgan fingerprint density at radius 3 is 2.88 bits per heavy atom. The molecule has 4 atom stereocenters. The highest BCUT2D eigenvalue weighted by atomic mass is 16.5. The molecule has 2 unspecified atom stereocenters. The molecule has 0 aromatic heterocycles. The minimum atomic E-state index is 0.362. The summed E-state index contributed by atoms with van der Waals surface area (Å²) in [5.41, 5.74) is 0. The van der Waals surface area contributed by atoms with Gasteiger partial charge in [0.2, 0.25) is 0 Å². The van der Waals surface area contributed by atoms with Crippen LogP contribution in [0.3, 0.4) is 0 Å². The van der Waals surface area contributed by atoms with Crippen LogP contribution in [0.5, 0.6) is 0 Å². The SMILES string of the molecule is CC1CCCC(NC[C@@H]2CNC[C@@H](C)O2)C1. The zero-order valence-electron chi connectivity index (χ0n) is 10.7. The first kappa shape index (κ1) is 12.3. The lowest BCUT2D eigenvalue weighted by molar-refractivity contribution is -0.0275. The molecule has 2 rings (SSSR count). The van der Waals surface area contributed by atoms with E-state index in [0.29, 0.717) is 12.2 Å². The zero-order chi connectivity index (χ0) is 11.4. The smallest absolute Gasteiger partial charge is 0.0827 e. The maximum atomic E-state index is 5.88. The van der Waals surface area contributed by atoms with E-state index in [1.165, 1.54) is 25.7 Å². The summed E-state index contributed by atoms with van der Waals surface area (Å²) in [7, 11) is 0. The van der Waals surface area contributed by atoms with E-state index < -0.39 is 0 Å². The number of hydrogen-bond donors (Lipinski definition) is 2. The van der Waals surface area contributed by atoms with Crippen molar-refractivity contribution in [2.45, 2.75) is 57.8 Å². The van der Waals surface area contributed by atoms with Crippen LogP contribution in [0.25, 0.3) is 0 Å². The van der Waals surface area contributed by atoms with Gasteiger partial charge in [0.1, 0.15) is 0 Å². The topological polar surface area (TPSA) is 33.3 Å². The molecule has 0 bridgehead atoms. The van der Waals surface area contributed by atoms with Gasteiger partial charge in [-0.2, -0.15) is 0 Å². The Kier molecular flexibility index (Phi) is 4.62. The zero-order valence-corrected chi connectivity index (χ0v) is 10.7. The third-order valence-electron chi connectivity index (χ3n) is 3.80. The first-order chi connectivity index (χ1) is 7.74. The first-order valence-electron chi connectivity index (χ1n) is 6.83. The van der Waals surface area contributed by atoms with Gasteiger partial charge in [-0.05, 0) is 25.7 Å². The van der Waals surface area contributed by atoms with E-state index in [9.17, 15) is 0 Å². The summed E-state index contributed by atoms with van der Waals surface area (Å²) >= 11 is 0. The van der Waals surface area contributed by atoms with Gasteiger partial charge in [-0.25, -0.2) is 0 Å². The Morgan fingerprint density at radius 2 is 2.12 bits per heavy atom. The fourth-order valence-corrected chi connectivity index (χ4v) is 2.91. The van der Waals surface area contributed by atoms with E-state index in [1.807, 2.05) is 0 Å². The molecule has 1 aliphatic carbocycles. The number of morpholine rings is 1. The Balaban J connectivity index is 1.66. The second-order valence-electron chi connectivity index (χ2n) is 5.60. The number of ether oxygens (including phenoxy) is 1. The predicted octanol–water partition coefficient (Wildman–Crippen LogP) is 1.53. The van der Waals surface area contributed by atoms with Crippen LogP contribution in [0.1, 0.15) is 39.5 Å². The van der Waals surface area contributed by atoms with Crippen LogP contribution in [0.2, 0.25) is 0 Å². The summed E-state index contributed by atoms with van der Waals surface area (Å²) in [6.07, 6.45) is 6.22. The average Bonchev–Trinajstić information content (AvgIpc) is 2.27. The van der Waals surface area contributed by atoms with Crippen LogP contribution in [0.15, 0.2) is 0 Å². The molecule has 3 heteroatoms. The lowest BCUT2D eigenvalue weighted by atomic mass is 9.87. The van der Waals surface area contributed by atoms with Crippen molar-refractivity contribution < 1.29 is 4.74 Å². The van der Waals surface area contributed by atoms with Crippen molar-refractivity contribution in [3.63, 3.8) is 0 Å². The molecule has 1 heterocycles. The van der Waals surface area contributed by atoms with Crippen molar-refractivity contribution in [1.29, 1.82) is 0 Å². The van der Waals surface area contributed by atoms with Gasteiger partial charge in [0.05, 0.1) is 12.2 Å². The van der Waals surface area contributed by atoms with E-state index in [1.54, 1.807) is 0 Å². The van der Waals surface area contributed by atoms with E-state index in [2.05, 4.69) is 24.5 Å². The van der Waals surface area contributed by atoms with E-state index in [-0.39, 0.29) is 0 Å². The van der Waals surface area contributed by atoms with Gasteiger partial charge >= 0.3 is 0 Å². The third kappa shape index (κ3) is 3.72. The molecule has 0 radical (unpaired) electrons. The molecule has 16 heavy (non-hydrogen) atoms. The average molecular weight is 226 g/mol. The van der Waals surface area contributed by atoms with Crippen LogP contribution in [0.4, 0.5) is 0 Å². The molecule has 94 valence electrons. The summed E-state index contributed by atoms with van der Waals surface area (Å²) in [5.74, 6) is 0.899. The van der Waals surface area contributed by atoms with Gasteiger partial charge in [-0.3, -0.25) is 0 Å². The number of rotatable bonds is 3. The quantitative estimate of drug-likeness (QED) is 0.766. The van der Waals surface area contributed by atoms with Crippen LogP contribution >= 0.6 is 0 Å². The predicted molar refractivity (Wildman–Crippen MR) is 66.6 cm³/mol. The highest BCUT2D eigenvalue weighted by Crippen LogP contribution is 2.23. The molecule has 2 aliphatic rings. The Labute approximate surface area is 99.3 Å². The number of hydrogen-bond acceptors (Lipinski definition) is 3. The lowest BCUT2D eigenvalue weighted by Gasteiger charge is -2.32. The van der Waals surface area contributed by atoms with E-state index >= 15 is 0 Å². The fraction of sp³-hybridized carbons (Fsp3) is 1.00. The maximum Gasteiger partial charge on any atom is 0.0827 e. The van der Waals surface area contributed by atoms with Crippen molar-refractivity contribution >= 4 is 0 Å². The van der Waals surface area contributed by atoms with Crippen molar-refractivity contribution in [3.05, 3.63) is 0 Å². The van der Waals surface area contributed by atoms with E-state index in [0.717, 1.165) is 31.6 Å². The lowest BCUT2D eigenvalue weighted by Crippen LogP contribution is -2.49. The monoisotopic (exact) mass is 226 g/mol. The summed E-state index contributed by atoms with van der Waals surface area (Å²) in [4.78, 5) is 0. The highest BCUT2D eigenvalue weighted by molar-refractivity contribution is 4.79. The number of nitrogens with one attached hydrogen (secondary N) is 2. The van der Waals surface area contributed by atoms with Crippen LogP contribution in [-0.4, -0.2) is 37.9 Å². The van der Waals surface area contributed by atoms with Gasteiger partial charge < -0.3 is 15.4 Å². The Morgan fingerprint density at radius 1 is 1.25 bits per heavy atom. The molecule has 3 nitrogen and oxygen atoms in total. The van der Waals surface area contributed by atoms with Gasteiger partial charge in [-0.1, -0.05) is 19.8 Å². The highest BCUT2D eigenvalue weighted by Gasteiger charge is 2.22. The van der Waals surface area contributed by atoms with Crippen molar-refractivity contribution in [2.75, 3.05) is 19.6 Å². The summed E-state index contributed by atoms with van der Waals surface area (Å²) < 4.78 is 5.88. The standard InChI is InChI=1S/C13H26N2O/c1-10-4-3-5-12(6-10)15-9-13-8-14-7-11(2)16-13/h10-15H,3-9H2,1-2H3/t10?,11-,12?,13+/m1/s1. The van der Waals surface area contributed by atoms with Gasteiger partial charge in [0.25, 0.3) is 0 Å². The fourth-order valence-electron chi connectivity index (χ4n) is 2.91. The molecule has 2 N–H and O–H groups in total. The minimum absolute atomic E-state index is 0.362. The van der Waals surface area contributed by atoms with Crippen LogP contribution in [0, 0.1) is 5.92 Å². The first-order valence-corrected chi connectivity index (χ1v) is 6.83. The largest absolute Gasteiger partial charge is 0.371 e. The second-order valence-corrected chi connectivity index (χ2v) is 5.60. The molecule has 0 aromatic rings. The molecule has 0 amide bonds. The molecule has 0 spiro atoms. The third-order valence-corrected chi connectivity index (χ3v) is 3.80. The molecule has 1 aliphatic heterocycles. The molecular weight excluding hydrogens is 200 g/mol. The van der Waals surface area contributed by atoms with Gasteiger partial charge in [0, 0.05) is 25.7 Å². The molecule has 2 fully saturated rings. The van der Waals surface area contributed by atoms with Crippen LogP contribution in [-0.2, 0) is 4.74 Å². The maximum absolute atomic E-state index is 5.88. The van der Waals surface area contributed by atoms with Crippen molar-refractivity contribution in [3.8, 4) is 0 Å². The Bertz CT molecular complexity index is 188. The Hall–Kier alpha value is -0.120. The van der Waals surface area contributed by atoms with Crippen molar-refractivity contribution in [2.24, 2.45) is 5.92 Å². The van der Waals surface area contributed by atoms with Gasteiger partial charge in [0.15, 0.2) is 0 Å². The molecule has 0 aromatic carbocycles. The van der Waals surface area contributed by atoms with Gasteiger partial charge in [-0.15, -0.1) is 0 Å². The normalized spacial score (nSPS) is 40.9. The molecular formula is C13H26N2O. The van der Waals surface area contributed by atoms with Crippen molar-refractivity contribution in [1.82, 2.24) is 10.6 Å². The van der Waals surface area contributed by atoms with Crippen LogP contribution < -0.4 is 10.6 Å². The van der Waals surface area contributed by atoms with E-state index in [4.69, 9.17) is 4.74 Å². The molecule has 1 saturated carbocycles.